The van der Waals surface area contributed by atoms with Gasteiger partial charge in [0.25, 0.3) is 5.56 Å². The molecule has 0 radical (unpaired) electrons. The number of benzene rings is 2. The van der Waals surface area contributed by atoms with E-state index in [4.69, 9.17) is 0 Å². The number of carbonyl (C=O) groups is 2. The van der Waals surface area contributed by atoms with Crippen LogP contribution in [0.25, 0.3) is 11.3 Å². The van der Waals surface area contributed by atoms with Crippen LogP contribution in [0.1, 0.15) is 24.5 Å². The minimum absolute atomic E-state index is 0.0928. The van der Waals surface area contributed by atoms with E-state index in [0.29, 0.717) is 11.4 Å². The number of aromatic nitrogens is 2. The molecular formula is C23H24N4O3. The number of rotatable bonds is 6. The maximum atomic E-state index is 12.8. The molecule has 2 N–H and O–H groups in total. The molecule has 0 spiro atoms. The molecule has 30 heavy (non-hydrogen) atoms. The topological polar surface area (TPSA) is 93.1 Å². The fourth-order valence-corrected chi connectivity index (χ4v) is 2.94. The maximum absolute atomic E-state index is 12.8. The van der Waals surface area contributed by atoms with Gasteiger partial charge >= 0.3 is 0 Å². The molecule has 154 valence electrons. The molecule has 1 aromatic heterocycles. The Morgan fingerprint density at radius 1 is 0.933 bits per heavy atom. The van der Waals surface area contributed by atoms with Crippen LogP contribution in [0.2, 0.25) is 0 Å². The third-order valence-corrected chi connectivity index (χ3v) is 4.81. The highest BCUT2D eigenvalue weighted by Crippen LogP contribution is 2.19. The predicted molar refractivity (Wildman–Crippen MR) is 117 cm³/mol. The summed E-state index contributed by atoms with van der Waals surface area (Å²) in [6.45, 7) is 5.31. The van der Waals surface area contributed by atoms with Crippen molar-refractivity contribution in [2.45, 2.75) is 33.7 Å². The van der Waals surface area contributed by atoms with Crippen molar-refractivity contribution in [1.82, 2.24) is 9.78 Å². The van der Waals surface area contributed by atoms with Gasteiger partial charge in [-0.3, -0.25) is 14.4 Å². The number of anilines is 2. The Balaban J connectivity index is 1.95. The van der Waals surface area contributed by atoms with Gasteiger partial charge in [-0.2, -0.15) is 5.10 Å². The van der Waals surface area contributed by atoms with Gasteiger partial charge in [0.05, 0.1) is 5.69 Å². The summed E-state index contributed by atoms with van der Waals surface area (Å²) in [4.78, 5) is 37.3. The second-order valence-electron chi connectivity index (χ2n) is 6.97. The first-order valence-electron chi connectivity index (χ1n) is 9.72. The smallest absolute Gasteiger partial charge is 0.291 e. The first-order chi connectivity index (χ1) is 14.4. The van der Waals surface area contributed by atoms with Crippen LogP contribution < -0.4 is 16.2 Å². The second kappa shape index (κ2) is 9.17. The molecule has 0 aliphatic carbocycles. The summed E-state index contributed by atoms with van der Waals surface area (Å²) in [5, 5.41) is 9.79. The molecule has 0 bridgehead atoms. The van der Waals surface area contributed by atoms with E-state index >= 15 is 0 Å². The number of hydrogen-bond acceptors (Lipinski definition) is 4. The van der Waals surface area contributed by atoms with Gasteiger partial charge in [0.1, 0.15) is 12.2 Å². The lowest BCUT2D eigenvalue weighted by molar-refractivity contribution is -0.117. The first-order valence-corrected chi connectivity index (χ1v) is 9.72. The standard InChI is InChI=1S/C23H24N4O3/c1-4-21(28)25-20-13-19(17-10-6-5-7-11-17)26-27(23(20)30)14-22(29)24-18-12-8-9-15(2)16(18)3/h5-13H,4,14H2,1-3H3,(H,24,29)(H,25,28). The summed E-state index contributed by atoms with van der Waals surface area (Å²) in [7, 11) is 0. The Hall–Kier alpha value is -3.74. The molecular weight excluding hydrogens is 380 g/mol. The normalized spacial score (nSPS) is 10.5. The highest BCUT2D eigenvalue weighted by Gasteiger charge is 2.15. The average molecular weight is 404 g/mol. The van der Waals surface area contributed by atoms with E-state index in [9.17, 15) is 14.4 Å². The van der Waals surface area contributed by atoms with Crippen LogP contribution >= 0.6 is 0 Å². The SMILES string of the molecule is CCC(=O)Nc1cc(-c2ccccc2)nn(CC(=O)Nc2cccc(C)c2C)c1=O. The summed E-state index contributed by atoms with van der Waals surface area (Å²) in [5.74, 6) is -0.667. The highest BCUT2D eigenvalue weighted by molar-refractivity contribution is 5.92. The minimum Gasteiger partial charge on any atom is -0.324 e. The van der Waals surface area contributed by atoms with E-state index in [0.717, 1.165) is 21.4 Å². The molecule has 2 amide bonds. The van der Waals surface area contributed by atoms with E-state index in [1.54, 1.807) is 6.92 Å². The summed E-state index contributed by atoms with van der Waals surface area (Å²) in [6.07, 6.45) is 0.232. The summed E-state index contributed by atoms with van der Waals surface area (Å²) >= 11 is 0. The number of carbonyl (C=O) groups excluding carboxylic acids is 2. The molecule has 0 fully saturated rings. The largest absolute Gasteiger partial charge is 0.324 e. The Bertz CT molecular complexity index is 1140. The number of nitrogens with one attached hydrogen (secondary N) is 2. The van der Waals surface area contributed by atoms with Gasteiger partial charge in [0, 0.05) is 17.7 Å². The van der Waals surface area contributed by atoms with Gasteiger partial charge in [-0.25, -0.2) is 4.68 Å². The summed E-state index contributed by atoms with van der Waals surface area (Å²) in [6, 6.07) is 16.4. The fraction of sp³-hybridized carbons (Fsp3) is 0.217. The van der Waals surface area contributed by atoms with Crippen molar-refractivity contribution in [2.24, 2.45) is 0 Å². The van der Waals surface area contributed by atoms with Crippen LogP contribution in [0.15, 0.2) is 59.4 Å². The molecule has 0 atom stereocenters. The molecule has 0 aliphatic rings. The molecule has 0 unspecified atom stereocenters. The summed E-state index contributed by atoms with van der Waals surface area (Å²) in [5.41, 5.74) is 3.52. The third-order valence-electron chi connectivity index (χ3n) is 4.81. The van der Waals surface area contributed by atoms with Gasteiger partial charge in [0.2, 0.25) is 11.8 Å². The van der Waals surface area contributed by atoms with Crippen molar-refractivity contribution in [2.75, 3.05) is 10.6 Å². The van der Waals surface area contributed by atoms with Gasteiger partial charge in [-0.1, -0.05) is 49.4 Å². The van der Waals surface area contributed by atoms with Crippen LogP contribution in [-0.4, -0.2) is 21.6 Å². The Morgan fingerprint density at radius 2 is 1.63 bits per heavy atom. The van der Waals surface area contributed by atoms with Crippen molar-refractivity contribution >= 4 is 23.2 Å². The predicted octanol–water partition coefficient (Wildman–Crippen LogP) is 3.51. The zero-order chi connectivity index (χ0) is 21.7. The Labute approximate surface area is 174 Å². The zero-order valence-corrected chi connectivity index (χ0v) is 17.2. The quantitative estimate of drug-likeness (QED) is 0.657. The molecule has 0 saturated carbocycles. The van der Waals surface area contributed by atoms with E-state index in [1.165, 1.54) is 6.07 Å². The van der Waals surface area contributed by atoms with Crippen LogP contribution in [-0.2, 0) is 16.1 Å². The Morgan fingerprint density at radius 3 is 2.33 bits per heavy atom. The van der Waals surface area contributed by atoms with Crippen molar-refractivity contribution in [3.63, 3.8) is 0 Å². The van der Waals surface area contributed by atoms with Crippen molar-refractivity contribution in [1.29, 1.82) is 0 Å². The Kier molecular flexibility index (Phi) is 6.41. The number of hydrogen-bond donors (Lipinski definition) is 2. The second-order valence-corrected chi connectivity index (χ2v) is 6.97. The summed E-state index contributed by atoms with van der Waals surface area (Å²) < 4.78 is 1.08. The highest BCUT2D eigenvalue weighted by atomic mass is 16.2. The van der Waals surface area contributed by atoms with Crippen LogP contribution in [0.3, 0.4) is 0 Å². The third kappa shape index (κ3) is 4.81. The van der Waals surface area contributed by atoms with Crippen molar-refractivity contribution < 1.29 is 9.59 Å². The zero-order valence-electron chi connectivity index (χ0n) is 17.2. The van der Waals surface area contributed by atoms with Gasteiger partial charge in [-0.15, -0.1) is 0 Å². The fourth-order valence-electron chi connectivity index (χ4n) is 2.94. The molecule has 3 aromatic rings. The average Bonchev–Trinajstić information content (AvgIpc) is 2.74. The van der Waals surface area contributed by atoms with Crippen molar-refractivity contribution in [3.05, 3.63) is 76.1 Å². The van der Waals surface area contributed by atoms with Gasteiger partial charge < -0.3 is 10.6 Å². The lowest BCUT2D eigenvalue weighted by atomic mass is 10.1. The van der Waals surface area contributed by atoms with Crippen molar-refractivity contribution in [3.8, 4) is 11.3 Å². The monoisotopic (exact) mass is 404 g/mol. The van der Waals surface area contributed by atoms with E-state index in [1.807, 2.05) is 62.4 Å². The van der Waals surface area contributed by atoms with E-state index < -0.39 is 5.56 Å². The maximum Gasteiger partial charge on any atom is 0.291 e. The number of aryl methyl sites for hydroxylation is 1. The number of amides is 2. The lowest BCUT2D eigenvalue weighted by Crippen LogP contribution is -2.32. The molecule has 2 aromatic carbocycles. The van der Waals surface area contributed by atoms with Gasteiger partial charge in [-0.05, 0) is 37.1 Å². The van der Waals surface area contributed by atoms with Crippen LogP contribution in [0, 0.1) is 13.8 Å². The lowest BCUT2D eigenvalue weighted by Gasteiger charge is -2.13. The van der Waals surface area contributed by atoms with Crippen LogP contribution in [0.5, 0.6) is 0 Å². The molecule has 0 aliphatic heterocycles. The minimum atomic E-state index is -0.535. The van der Waals surface area contributed by atoms with Crippen LogP contribution in [0.4, 0.5) is 11.4 Å². The molecule has 3 rings (SSSR count). The number of nitrogens with zero attached hydrogens (tertiary/aromatic N) is 2. The van der Waals surface area contributed by atoms with E-state index in [-0.39, 0.29) is 30.5 Å². The first kappa shape index (κ1) is 21.0. The van der Waals surface area contributed by atoms with Gasteiger partial charge in [0.15, 0.2) is 0 Å². The molecule has 0 saturated heterocycles. The molecule has 1 heterocycles. The van der Waals surface area contributed by atoms with E-state index in [2.05, 4.69) is 15.7 Å². The molecule has 7 nitrogen and oxygen atoms in total. The molecule has 7 heteroatoms.